The SMILES string of the molecule is Cc1ccc2c(c1)N1C(=O)c3ccccc3C1C1C(=O)CC(C)(C)C=C1N2. The van der Waals surface area contributed by atoms with Crippen LogP contribution in [-0.2, 0) is 4.79 Å². The second-order valence-corrected chi connectivity index (χ2v) is 8.56. The van der Waals surface area contributed by atoms with E-state index in [0.717, 1.165) is 28.2 Å². The summed E-state index contributed by atoms with van der Waals surface area (Å²) < 4.78 is 0. The fourth-order valence-corrected chi connectivity index (χ4v) is 4.79. The molecule has 27 heavy (non-hydrogen) atoms. The van der Waals surface area contributed by atoms with E-state index in [1.54, 1.807) is 0 Å². The highest BCUT2D eigenvalue weighted by Gasteiger charge is 2.50. The molecule has 0 spiro atoms. The summed E-state index contributed by atoms with van der Waals surface area (Å²) in [6, 6.07) is 13.5. The third-order valence-corrected chi connectivity index (χ3v) is 5.87. The minimum absolute atomic E-state index is 0.0249. The second kappa shape index (κ2) is 5.32. The normalized spacial score (nSPS) is 24.9. The summed E-state index contributed by atoms with van der Waals surface area (Å²) in [4.78, 5) is 28.4. The van der Waals surface area contributed by atoms with Crippen molar-refractivity contribution in [2.45, 2.75) is 33.2 Å². The molecular weight excluding hydrogens is 336 g/mol. The molecule has 2 aromatic carbocycles. The molecule has 0 bridgehead atoms. The summed E-state index contributed by atoms with van der Waals surface area (Å²) in [5, 5.41) is 3.50. The van der Waals surface area contributed by atoms with Gasteiger partial charge in [0.05, 0.1) is 23.3 Å². The number of hydrogen-bond donors (Lipinski definition) is 1. The van der Waals surface area contributed by atoms with Gasteiger partial charge in [-0.2, -0.15) is 0 Å². The van der Waals surface area contributed by atoms with Crippen LogP contribution >= 0.6 is 0 Å². The number of allylic oxidation sites excluding steroid dienone is 1. The van der Waals surface area contributed by atoms with Crippen LogP contribution in [0.25, 0.3) is 0 Å². The summed E-state index contributed by atoms with van der Waals surface area (Å²) in [7, 11) is 0. The second-order valence-electron chi connectivity index (χ2n) is 8.56. The molecule has 1 amide bonds. The number of rotatable bonds is 0. The number of ketones is 1. The van der Waals surface area contributed by atoms with E-state index in [-0.39, 0.29) is 29.1 Å². The third-order valence-electron chi connectivity index (χ3n) is 5.87. The molecule has 4 nitrogen and oxygen atoms in total. The van der Waals surface area contributed by atoms with E-state index in [1.807, 2.05) is 54.3 Å². The van der Waals surface area contributed by atoms with Gasteiger partial charge >= 0.3 is 0 Å². The number of Topliss-reactive ketones (excluding diaryl/α,β-unsaturated/α-hetero) is 1. The average Bonchev–Trinajstić information content (AvgIpc) is 2.80. The first-order valence-corrected chi connectivity index (χ1v) is 9.41. The van der Waals surface area contributed by atoms with E-state index in [1.165, 1.54) is 0 Å². The van der Waals surface area contributed by atoms with Gasteiger partial charge in [-0.15, -0.1) is 0 Å². The van der Waals surface area contributed by atoms with Crippen LogP contribution in [0.5, 0.6) is 0 Å². The number of carbonyl (C=O) groups excluding carboxylic acids is 2. The topological polar surface area (TPSA) is 49.4 Å². The molecule has 0 fully saturated rings. The number of fused-ring (bicyclic) bond motifs is 7. The molecule has 3 aliphatic rings. The Kier molecular flexibility index (Phi) is 3.21. The van der Waals surface area contributed by atoms with Crippen molar-refractivity contribution in [3.05, 3.63) is 70.9 Å². The van der Waals surface area contributed by atoms with Crippen molar-refractivity contribution in [1.82, 2.24) is 0 Å². The molecule has 0 aromatic heterocycles. The van der Waals surface area contributed by atoms with Crippen molar-refractivity contribution in [3.63, 3.8) is 0 Å². The molecule has 2 aromatic rings. The van der Waals surface area contributed by atoms with Crippen molar-refractivity contribution in [2.24, 2.45) is 11.3 Å². The first-order valence-electron chi connectivity index (χ1n) is 9.41. The maximum absolute atomic E-state index is 13.3. The molecule has 2 atom stereocenters. The van der Waals surface area contributed by atoms with Gasteiger partial charge in [0.25, 0.3) is 5.91 Å². The van der Waals surface area contributed by atoms with Crippen LogP contribution < -0.4 is 10.2 Å². The number of anilines is 2. The number of aryl methyl sites for hydroxylation is 1. The molecule has 0 saturated heterocycles. The quantitative estimate of drug-likeness (QED) is 0.747. The van der Waals surface area contributed by atoms with Gasteiger partial charge in [0.2, 0.25) is 0 Å². The Morgan fingerprint density at radius 1 is 1.11 bits per heavy atom. The van der Waals surface area contributed by atoms with Crippen molar-refractivity contribution in [2.75, 3.05) is 10.2 Å². The fraction of sp³-hybridized carbons (Fsp3) is 0.304. The van der Waals surface area contributed by atoms with Gasteiger partial charge in [0.15, 0.2) is 0 Å². The highest BCUT2D eigenvalue weighted by Crippen LogP contribution is 2.52. The lowest BCUT2D eigenvalue weighted by Gasteiger charge is -2.36. The molecule has 0 saturated carbocycles. The lowest BCUT2D eigenvalue weighted by molar-refractivity contribution is -0.124. The zero-order valence-corrected chi connectivity index (χ0v) is 15.7. The van der Waals surface area contributed by atoms with Crippen LogP contribution in [0.4, 0.5) is 11.4 Å². The minimum atomic E-state index is -0.363. The Bertz CT molecular complexity index is 1030. The van der Waals surface area contributed by atoms with Crippen molar-refractivity contribution in [1.29, 1.82) is 0 Å². The average molecular weight is 358 g/mol. The molecule has 1 aliphatic carbocycles. The summed E-state index contributed by atoms with van der Waals surface area (Å²) in [6.45, 7) is 6.19. The fourth-order valence-electron chi connectivity index (χ4n) is 4.79. The van der Waals surface area contributed by atoms with Crippen molar-refractivity contribution in [3.8, 4) is 0 Å². The van der Waals surface area contributed by atoms with Gasteiger partial charge in [0, 0.05) is 17.7 Å². The van der Waals surface area contributed by atoms with Crippen LogP contribution in [-0.4, -0.2) is 11.7 Å². The number of hydrogen-bond acceptors (Lipinski definition) is 3. The maximum Gasteiger partial charge on any atom is 0.259 e. The molecule has 2 aliphatic heterocycles. The number of nitrogens with one attached hydrogen (secondary N) is 1. The summed E-state index contributed by atoms with van der Waals surface area (Å²) in [6.07, 6.45) is 2.66. The molecule has 0 radical (unpaired) electrons. The molecule has 1 N–H and O–H groups in total. The Morgan fingerprint density at radius 3 is 2.70 bits per heavy atom. The Labute approximate surface area is 158 Å². The van der Waals surface area contributed by atoms with Gasteiger partial charge < -0.3 is 5.32 Å². The largest absolute Gasteiger partial charge is 0.357 e. The van der Waals surface area contributed by atoms with Gasteiger partial charge in [-0.25, -0.2) is 0 Å². The lowest BCUT2D eigenvalue weighted by atomic mass is 9.72. The summed E-state index contributed by atoms with van der Waals surface area (Å²) >= 11 is 0. The minimum Gasteiger partial charge on any atom is -0.357 e. The first-order chi connectivity index (χ1) is 12.9. The molecular formula is C23H22N2O2. The number of carbonyl (C=O) groups is 2. The zero-order valence-electron chi connectivity index (χ0n) is 15.7. The van der Waals surface area contributed by atoms with E-state index in [2.05, 4.69) is 25.2 Å². The van der Waals surface area contributed by atoms with E-state index >= 15 is 0 Å². The predicted molar refractivity (Wildman–Crippen MR) is 106 cm³/mol. The monoisotopic (exact) mass is 358 g/mol. The van der Waals surface area contributed by atoms with Gasteiger partial charge in [0.1, 0.15) is 5.78 Å². The predicted octanol–water partition coefficient (Wildman–Crippen LogP) is 4.62. The van der Waals surface area contributed by atoms with Crippen LogP contribution in [0.1, 0.15) is 47.8 Å². The van der Waals surface area contributed by atoms with E-state index in [0.29, 0.717) is 12.0 Å². The van der Waals surface area contributed by atoms with Crippen LogP contribution in [0.3, 0.4) is 0 Å². The van der Waals surface area contributed by atoms with Crippen LogP contribution in [0, 0.1) is 18.3 Å². The Hall–Kier alpha value is -2.88. The number of benzene rings is 2. The van der Waals surface area contributed by atoms with Crippen LogP contribution in [0.2, 0.25) is 0 Å². The smallest absolute Gasteiger partial charge is 0.259 e. The standard InChI is InChI=1S/C23H22N2O2/c1-13-8-9-16-18(10-13)25-21(14-6-4-5-7-15(14)22(25)27)20-17(24-16)11-23(2,3)12-19(20)26/h4-11,20-21,24H,12H2,1-3H3. The summed E-state index contributed by atoms with van der Waals surface area (Å²) in [5.41, 5.74) is 5.18. The Balaban J connectivity index is 1.81. The molecule has 136 valence electrons. The Morgan fingerprint density at radius 2 is 1.89 bits per heavy atom. The highest BCUT2D eigenvalue weighted by molar-refractivity contribution is 6.14. The maximum atomic E-state index is 13.3. The van der Waals surface area contributed by atoms with E-state index in [4.69, 9.17) is 0 Å². The third kappa shape index (κ3) is 2.29. The van der Waals surface area contributed by atoms with Crippen molar-refractivity contribution >= 4 is 23.1 Å². The van der Waals surface area contributed by atoms with Gasteiger partial charge in [-0.3, -0.25) is 14.5 Å². The van der Waals surface area contributed by atoms with Gasteiger partial charge in [-0.05, 0) is 41.7 Å². The molecule has 2 unspecified atom stereocenters. The molecule has 2 heterocycles. The first kappa shape index (κ1) is 16.3. The lowest BCUT2D eigenvalue weighted by Crippen LogP contribution is -2.39. The van der Waals surface area contributed by atoms with E-state index in [9.17, 15) is 9.59 Å². The molecule has 5 rings (SSSR count). The summed E-state index contributed by atoms with van der Waals surface area (Å²) in [5.74, 6) is -0.199. The highest BCUT2D eigenvalue weighted by atomic mass is 16.2. The van der Waals surface area contributed by atoms with E-state index < -0.39 is 0 Å². The zero-order chi connectivity index (χ0) is 18.9. The van der Waals surface area contributed by atoms with Crippen LogP contribution in [0.15, 0.2) is 54.2 Å². The van der Waals surface area contributed by atoms with Crippen molar-refractivity contribution < 1.29 is 9.59 Å². The number of amides is 1. The van der Waals surface area contributed by atoms with Gasteiger partial charge in [-0.1, -0.05) is 44.2 Å². The number of nitrogens with zero attached hydrogens (tertiary/aromatic N) is 1. The molecule has 4 heteroatoms.